The zero-order valence-electron chi connectivity index (χ0n) is 17.2. The number of thiophene rings is 1. The number of carbonyl (C=O) groups excluding carboxylic acids is 1. The van der Waals surface area contributed by atoms with Crippen LogP contribution in [0.1, 0.15) is 46.6 Å². The van der Waals surface area contributed by atoms with Crippen molar-refractivity contribution in [2.75, 3.05) is 26.0 Å². The van der Waals surface area contributed by atoms with E-state index in [9.17, 15) is 14.7 Å². The minimum Gasteiger partial charge on any atom is -0.482 e. The molecule has 1 aliphatic carbocycles. The molecule has 29 heavy (non-hydrogen) atoms. The summed E-state index contributed by atoms with van der Waals surface area (Å²) in [5.41, 5.74) is 4.00. The molecule has 2 heterocycles. The molecule has 2 aliphatic rings. The number of carbonyl (C=O) groups is 2. The maximum absolute atomic E-state index is 12.3. The van der Waals surface area contributed by atoms with Crippen LogP contribution in [-0.4, -0.2) is 42.6 Å². The van der Waals surface area contributed by atoms with Crippen LogP contribution < -0.4 is 10.1 Å². The number of nitrogens with zero attached hydrogens (tertiary/aromatic N) is 1. The Balaban J connectivity index is 1.91. The predicted molar refractivity (Wildman–Crippen MR) is 114 cm³/mol. The highest BCUT2D eigenvalue weighted by Crippen LogP contribution is 2.47. The first-order valence-electron chi connectivity index (χ1n) is 9.77. The van der Waals surface area contributed by atoms with E-state index in [0.29, 0.717) is 23.5 Å². The van der Waals surface area contributed by atoms with E-state index in [1.54, 1.807) is 11.3 Å². The van der Waals surface area contributed by atoms with Gasteiger partial charge in [-0.25, -0.2) is 4.79 Å². The summed E-state index contributed by atoms with van der Waals surface area (Å²) in [4.78, 5) is 28.0. The Morgan fingerprint density at radius 3 is 2.79 bits per heavy atom. The second kappa shape index (κ2) is 7.15. The summed E-state index contributed by atoms with van der Waals surface area (Å²) in [6, 6.07) is 3.80. The van der Waals surface area contributed by atoms with Crippen molar-refractivity contribution in [1.29, 1.82) is 0 Å². The number of amides is 1. The minimum atomic E-state index is -0.877. The van der Waals surface area contributed by atoms with E-state index < -0.39 is 5.97 Å². The van der Waals surface area contributed by atoms with Crippen molar-refractivity contribution in [2.24, 2.45) is 5.41 Å². The van der Waals surface area contributed by atoms with Gasteiger partial charge in [0.2, 0.25) is 0 Å². The molecule has 154 valence electrons. The van der Waals surface area contributed by atoms with Gasteiger partial charge in [0, 0.05) is 21.9 Å². The van der Waals surface area contributed by atoms with E-state index in [1.165, 1.54) is 4.88 Å². The van der Waals surface area contributed by atoms with Gasteiger partial charge in [-0.15, -0.1) is 11.3 Å². The Morgan fingerprint density at radius 2 is 2.10 bits per heavy atom. The molecule has 1 aliphatic heterocycles. The number of aryl methyl sites for hydroxylation is 1. The van der Waals surface area contributed by atoms with Crippen molar-refractivity contribution in [3.05, 3.63) is 33.7 Å². The molecule has 0 saturated heterocycles. The van der Waals surface area contributed by atoms with E-state index in [2.05, 4.69) is 19.2 Å². The van der Waals surface area contributed by atoms with E-state index >= 15 is 0 Å². The van der Waals surface area contributed by atoms with Crippen molar-refractivity contribution in [3.8, 4) is 16.2 Å². The van der Waals surface area contributed by atoms with E-state index in [4.69, 9.17) is 4.74 Å². The number of anilines is 1. The van der Waals surface area contributed by atoms with Crippen LogP contribution >= 0.6 is 11.3 Å². The Bertz CT molecular complexity index is 1010. The van der Waals surface area contributed by atoms with Gasteiger partial charge in [0.05, 0.1) is 11.3 Å². The Morgan fingerprint density at radius 1 is 1.34 bits per heavy atom. The average molecular weight is 415 g/mol. The van der Waals surface area contributed by atoms with Crippen LogP contribution in [0.2, 0.25) is 0 Å². The Labute approximate surface area is 174 Å². The normalized spacial score (nSPS) is 17.3. The molecule has 2 N–H and O–H groups in total. The second-order valence-electron chi connectivity index (χ2n) is 8.93. The van der Waals surface area contributed by atoms with Crippen molar-refractivity contribution >= 4 is 28.9 Å². The Hall–Kier alpha value is -2.38. The molecule has 0 fully saturated rings. The molecule has 0 saturated carbocycles. The van der Waals surface area contributed by atoms with Gasteiger partial charge in [-0.05, 0) is 62.0 Å². The van der Waals surface area contributed by atoms with Gasteiger partial charge in [0.15, 0.2) is 6.61 Å². The topological polar surface area (TPSA) is 78.9 Å². The third kappa shape index (κ3) is 3.76. The van der Waals surface area contributed by atoms with Crippen LogP contribution in [0.25, 0.3) is 10.4 Å². The summed E-state index contributed by atoms with van der Waals surface area (Å²) in [5, 5.41) is 12.9. The van der Waals surface area contributed by atoms with E-state index in [0.717, 1.165) is 40.8 Å². The lowest BCUT2D eigenvalue weighted by molar-refractivity contribution is -0.118. The van der Waals surface area contributed by atoms with Gasteiger partial charge in [-0.3, -0.25) is 4.79 Å². The number of hydrogen-bond donors (Lipinski definition) is 2. The summed E-state index contributed by atoms with van der Waals surface area (Å²) in [5.74, 6) is -0.468. The van der Waals surface area contributed by atoms with Crippen molar-refractivity contribution in [2.45, 2.75) is 39.7 Å². The molecule has 0 bridgehead atoms. The smallest absolute Gasteiger partial charge is 0.337 e. The molecule has 2 aromatic rings. The maximum atomic E-state index is 12.3. The van der Waals surface area contributed by atoms with Gasteiger partial charge < -0.3 is 20.1 Å². The number of ether oxygens (including phenoxy) is 1. The number of rotatable bonds is 4. The van der Waals surface area contributed by atoms with Crippen LogP contribution in [0.3, 0.4) is 0 Å². The molecule has 0 spiro atoms. The van der Waals surface area contributed by atoms with Crippen LogP contribution in [0, 0.1) is 5.41 Å². The lowest BCUT2D eigenvalue weighted by Gasteiger charge is -2.29. The van der Waals surface area contributed by atoms with Crippen molar-refractivity contribution in [3.63, 3.8) is 0 Å². The first-order chi connectivity index (χ1) is 13.6. The fraction of sp³-hybridized carbons (Fsp3) is 0.455. The molecular formula is C22H26N2O4S. The number of hydrogen-bond acceptors (Lipinski definition) is 5. The van der Waals surface area contributed by atoms with E-state index in [1.807, 2.05) is 31.1 Å². The average Bonchev–Trinajstić information content (AvgIpc) is 2.97. The zero-order chi connectivity index (χ0) is 20.9. The quantitative estimate of drug-likeness (QED) is 0.790. The van der Waals surface area contributed by atoms with Crippen LogP contribution in [-0.2, 0) is 24.2 Å². The molecule has 4 rings (SSSR count). The van der Waals surface area contributed by atoms with Gasteiger partial charge >= 0.3 is 5.97 Å². The minimum absolute atomic E-state index is 0.0274. The third-order valence-corrected chi connectivity index (χ3v) is 6.88. The van der Waals surface area contributed by atoms with Gasteiger partial charge in [-0.2, -0.15) is 0 Å². The third-order valence-electron chi connectivity index (χ3n) is 5.56. The molecule has 1 aromatic heterocycles. The maximum Gasteiger partial charge on any atom is 0.337 e. The molecule has 0 radical (unpaired) electrons. The van der Waals surface area contributed by atoms with Crippen LogP contribution in [0.15, 0.2) is 12.1 Å². The molecule has 1 aromatic carbocycles. The molecule has 7 heteroatoms. The van der Waals surface area contributed by atoms with Crippen LogP contribution in [0.4, 0.5) is 5.69 Å². The monoisotopic (exact) mass is 414 g/mol. The largest absolute Gasteiger partial charge is 0.482 e. The molecule has 1 amide bonds. The highest BCUT2D eigenvalue weighted by atomic mass is 32.1. The number of aromatic carboxylic acids is 1. The molecule has 0 atom stereocenters. The fourth-order valence-electron chi connectivity index (χ4n) is 4.19. The number of fused-ring (bicyclic) bond motifs is 2. The summed E-state index contributed by atoms with van der Waals surface area (Å²) < 4.78 is 5.62. The highest BCUT2D eigenvalue weighted by Gasteiger charge is 2.34. The number of nitrogens with one attached hydrogen (secondary N) is 1. The van der Waals surface area contributed by atoms with Crippen molar-refractivity contribution in [1.82, 2.24) is 4.90 Å². The molecule has 6 nitrogen and oxygen atoms in total. The number of carboxylic acids is 1. The lowest BCUT2D eigenvalue weighted by atomic mass is 9.76. The van der Waals surface area contributed by atoms with Crippen LogP contribution in [0.5, 0.6) is 5.75 Å². The molecular weight excluding hydrogens is 388 g/mol. The summed E-state index contributed by atoms with van der Waals surface area (Å²) in [6.45, 7) is 5.00. The zero-order valence-corrected chi connectivity index (χ0v) is 18.0. The lowest BCUT2D eigenvalue weighted by Crippen LogP contribution is -2.26. The summed E-state index contributed by atoms with van der Waals surface area (Å²) >= 11 is 1.59. The number of benzene rings is 1. The van der Waals surface area contributed by atoms with Crippen molar-refractivity contribution < 1.29 is 19.4 Å². The summed E-state index contributed by atoms with van der Waals surface area (Å²) in [7, 11) is 3.94. The Kier molecular flexibility index (Phi) is 4.91. The SMILES string of the molecule is CN(C)Cc1cc2c(cc1-c1sc3c(c1C(=O)O)CC(C)(C)CC3)OCC(=O)N2. The number of carboxylic acid groups (broad SMARTS) is 1. The van der Waals surface area contributed by atoms with Gasteiger partial charge in [0.25, 0.3) is 5.91 Å². The first kappa shape index (κ1) is 19.9. The van der Waals surface area contributed by atoms with Gasteiger partial charge in [-0.1, -0.05) is 13.8 Å². The van der Waals surface area contributed by atoms with E-state index in [-0.39, 0.29) is 17.9 Å². The predicted octanol–water partition coefficient (Wildman–Crippen LogP) is 4.02. The molecule has 0 unspecified atom stereocenters. The highest BCUT2D eigenvalue weighted by molar-refractivity contribution is 7.16. The summed E-state index contributed by atoms with van der Waals surface area (Å²) in [6.07, 6.45) is 2.75. The standard InChI is InChI=1S/C22H26N2O4S/c1-22(2)6-5-17-14(9-22)19(21(26)27)20(29-17)13-8-16-15(23-18(25)11-28-16)7-12(13)10-24(3)4/h7-8H,5-6,9-11H2,1-4H3,(H,23,25)(H,26,27). The first-order valence-corrected chi connectivity index (χ1v) is 10.6. The fourth-order valence-corrected chi connectivity index (χ4v) is 5.55. The van der Waals surface area contributed by atoms with Gasteiger partial charge in [0.1, 0.15) is 5.75 Å². The second-order valence-corrected chi connectivity index (χ2v) is 10.0.